The van der Waals surface area contributed by atoms with E-state index in [2.05, 4.69) is 12.6 Å². The number of nitro groups is 1. The molecule has 0 heterocycles. The Bertz CT molecular complexity index is 537. The molecule has 0 spiro atoms. The molecule has 7 heteroatoms. The summed E-state index contributed by atoms with van der Waals surface area (Å²) in [6.45, 7) is 1.93. The van der Waals surface area contributed by atoms with Crippen LogP contribution in [0.25, 0.3) is 0 Å². The maximum Gasteiger partial charge on any atom is 0.310 e. The zero-order chi connectivity index (χ0) is 13.7. The lowest BCUT2D eigenvalue weighted by Gasteiger charge is -2.06. The van der Waals surface area contributed by atoms with Crippen molar-refractivity contribution < 1.29 is 14.5 Å². The Morgan fingerprint density at radius 1 is 1.61 bits per heavy atom. The maximum atomic E-state index is 11.3. The van der Waals surface area contributed by atoms with Crippen LogP contribution in [-0.4, -0.2) is 17.5 Å². The number of ether oxygens (including phenoxy) is 1. The number of hydrogen-bond acceptors (Lipinski definition) is 6. The SMILES string of the molecule is CCOC(=O)Cc1ccc([N+](=O)[O-])c(C#N)c1S. The number of benzene rings is 1. The van der Waals surface area contributed by atoms with Gasteiger partial charge in [0.2, 0.25) is 0 Å². The number of hydrogen-bond donors (Lipinski definition) is 1. The summed E-state index contributed by atoms with van der Waals surface area (Å²) in [6.07, 6.45) is -0.0701. The van der Waals surface area contributed by atoms with Crippen molar-refractivity contribution in [2.45, 2.75) is 18.2 Å². The fourth-order valence-corrected chi connectivity index (χ4v) is 1.71. The normalized spacial score (nSPS) is 9.61. The number of thiol groups is 1. The van der Waals surface area contributed by atoms with Crippen LogP contribution in [-0.2, 0) is 16.0 Å². The lowest BCUT2D eigenvalue weighted by molar-refractivity contribution is -0.385. The van der Waals surface area contributed by atoms with Crippen molar-refractivity contribution in [1.29, 1.82) is 5.26 Å². The second kappa shape index (κ2) is 6.02. The molecule has 0 aliphatic carbocycles. The van der Waals surface area contributed by atoms with Gasteiger partial charge in [0.25, 0.3) is 5.69 Å². The minimum absolute atomic E-state index is 0.0701. The first-order valence-corrected chi connectivity index (χ1v) is 5.51. The standard InChI is InChI=1S/C11H10N2O4S/c1-2-17-10(14)5-7-3-4-9(13(15)16)8(6-12)11(7)18/h3-4,18H,2,5H2,1H3. The van der Waals surface area contributed by atoms with Gasteiger partial charge in [0.15, 0.2) is 0 Å². The topological polar surface area (TPSA) is 93.2 Å². The van der Waals surface area contributed by atoms with Gasteiger partial charge in [-0.25, -0.2) is 0 Å². The van der Waals surface area contributed by atoms with Crippen LogP contribution in [0.15, 0.2) is 17.0 Å². The van der Waals surface area contributed by atoms with Crippen molar-refractivity contribution in [3.8, 4) is 6.07 Å². The minimum atomic E-state index is -0.660. The molecular weight excluding hydrogens is 256 g/mol. The molecule has 0 N–H and O–H groups in total. The molecule has 0 unspecified atom stereocenters. The van der Waals surface area contributed by atoms with Crippen LogP contribution in [0.2, 0.25) is 0 Å². The van der Waals surface area contributed by atoms with Crippen LogP contribution in [0.5, 0.6) is 0 Å². The van der Waals surface area contributed by atoms with Crippen molar-refractivity contribution in [2.24, 2.45) is 0 Å². The molecule has 0 saturated heterocycles. The van der Waals surface area contributed by atoms with Gasteiger partial charge in [0.05, 0.1) is 18.0 Å². The average Bonchev–Trinajstić information content (AvgIpc) is 2.31. The highest BCUT2D eigenvalue weighted by atomic mass is 32.1. The van der Waals surface area contributed by atoms with Gasteiger partial charge in [-0.05, 0) is 12.5 Å². The van der Waals surface area contributed by atoms with E-state index >= 15 is 0 Å². The highest BCUT2D eigenvalue weighted by Gasteiger charge is 2.20. The summed E-state index contributed by atoms with van der Waals surface area (Å²) in [5.74, 6) is -0.467. The molecule has 0 bridgehead atoms. The molecule has 18 heavy (non-hydrogen) atoms. The smallest absolute Gasteiger partial charge is 0.310 e. The summed E-state index contributed by atoms with van der Waals surface area (Å²) >= 11 is 4.06. The van der Waals surface area contributed by atoms with Crippen molar-refractivity contribution in [3.63, 3.8) is 0 Å². The molecule has 0 radical (unpaired) electrons. The molecule has 0 aliphatic heterocycles. The third-order valence-corrected chi connectivity index (χ3v) is 2.70. The number of nitrogens with zero attached hydrogens (tertiary/aromatic N) is 2. The first-order valence-electron chi connectivity index (χ1n) is 5.06. The lowest BCUT2D eigenvalue weighted by atomic mass is 10.1. The van der Waals surface area contributed by atoms with Crippen LogP contribution in [0.3, 0.4) is 0 Å². The van der Waals surface area contributed by atoms with Crippen LogP contribution >= 0.6 is 12.6 Å². The summed E-state index contributed by atoms with van der Waals surface area (Å²) < 4.78 is 4.76. The van der Waals surface area contributed by atoms with Gasteiger partial charge in [-0.3, -0.25) is 14.9 Å². The summed E-state index contributed by atoms with van der Waals surface area (Å²) in [5, 5.41) is 19.6. The van der Waals surface area contributed by atoms with E-state index in [0.717, 1.165) is 0 Å². The molecule has 0 aliphatic rings. The Morgan fingerprint density at radius 2 is 2.28 bits per heavy atom. The Hall–Kier alpha value is -2.07. The molecule has 0 saturated carbocycles. The zero-order valence-corrected chi connectivity index (χ0v) is 10.4. The van der Waals surface area contributed by atoms with Crippen molar-refractivity contribution >= 4 is 24.3 Å². The van der Waals surface area contributed by atoms with Crippen molar-refractivity contribution in [3.05, 3.63) is 33.4 Å². The third-order valence-electron chi connectivity index (χ3n) is 2.19. The van der Waals surface area contributed by atoms with Crippen LogP contribution in [0.4, 0.5) is 5.69 Å². The van der Waals surface area contributed by atoms with E-state index in [1.165, 1.54) is 12.1 Å². The quantitative estimate of drug-likeness (QED) is 0.388. The minimum Gasteiger partial charge on any atom is -0.466 e. The zero-order valence-electron chi connectivity index (χ0n) is 9.54. The van der Waals surface area contributed by atoms with Crippen molar-refractivity contribution in [1.82, 2.24) is 0 Å². The predicted molar refractivity (Wildman–Crippen MR) is 65.4 cm³/mol. The van der Waals surface area contributed by atoms with Gasteiger partial charge in [0.1, 0.15) is 11.6 Å². The fraction of sp³-hybridized carbons (Fsp3) is 0.273. The number of nitro benzene ring substituents is 1. The highest BCUT2D eigenvalue weighted by molar-refractivity contribution is 7.80. The van der Waals surface area contributed by atoms with E-state index in [0.29, 0.717) is 5.56 Å². The molecule has 0 fully saturated rings. The molecule has 94 valence electrons. The number of nitriles is 1. The second-order valence-corrected chi connectivity index (χ2v) is 3.77. The first-order chi connectivity index (χ1) is 8.51. The summed E-state index contributed by atoms with van der Waals surface area (Å²) in [6, 6.07) is 4.31. The molecule has 0 amide bonds. The number of rotatable bonds is 4. The average molecular weight is 266 g/mol. The van der Waals surface area contributed by atoms with Gasteiger partial charge in [-0.2, -0.15) is 5.26 Å². The predicted octanol–water partition coefficient (Wildman–Crippen LogP) is 1.86. The van der Waals surface area contributed by atoms with E-state index in [4.69, 9.17) is 10.00 Å². The van der Waals surface area contributed by atoms with Gasteiger partial charge < -0.3 is 4.74 Å². The monoisotopic (exact) mass is 266 g/mol. The Labute approximate surface area is 109 Å². The number of carbonyl (C=O) groups is 1. The van der Waals surface area contributed by atoms with Crippen LogP contribution in [0.1, 0.15) is 18.1 Å². The third kappa shape index (κ3) is 2.99. The fourth-order valence-electron chi connectivity index (χ4n) is 1.40. The Morgan fingerprint density at radius 3 is 2.78 bits per heavy atom. The second-order valence-electron chi connectivity index (χ2n) is 3.32. The van der Waals surface area contributed by atoms with E-state index in [1.54, 1.807) is 13.0 Å². The molecular formula is C11H10N2O4S. The molecule has 0 aromatic heterocycles. The highest BCUT2D eigenvalue weighted by Crippen LogP contribution is 2.28. The van der Waals surface area contributed by atoms with Crippen LogP contribution in [0, 0.1) is 21.4 Å². The number of carbonyl (C=O) groups excluding carboxylic acids is 1. The summed E-state index contributed by atoms with van der Waals surface area (Å²) in [5.41, 5.74) is -0.0424. The summed E-state index contributed by atoms with van der Waals surface area (Å²) in [4.78, 5) is 21.5. The van der Waals surface area contributed by atoms with E-state index in [9.17, 15) is 14.9 Å². The Balaban J connectivity index is 3.15. The number of esters is 1. The lowest BCUT2D eigenvalue weighted by Crippen LogP contribution is -2.09. The maximum absolute atomic E-state index is 11.3. The largest absolute Gasteiger partial charge is 0.466 e. The van der Waals surface area contributed by atoms with Crippen molar-refractivity contribution in [2.75, 3.05) is 6.61 Å². The van der Waals surface area contributed by atoms with E-state index in [-0.39, 0.29) is 29.2 Å². The molecule has 0 atom stereocenters. The Kier molecular flexibility index (Phi) is 4.68. The molecule has 1 rings (SSSR count). The summed E-state index contributed by atoms with van der Waals surface area (Å²) in [7, 11) is 0. The van der Waals surface area contributed by atoms with Gasteiger partial charge >= 0.3 is 5.97 Å². The molecule has 1 aromatic rings. The van der Waals surface area contributed by atoms with E-state index < -0.39 is 10.9 Å². The van der Waals surface area contributed by atoms with Crippen LogP contribution < -0.4 is 0 Å². The first kappa shape index (κ1) is 14.0. The molecule has 6 nitrogen and oxygen atoms in total. The van der Waals surface area contributed by atoms with Gasteiger partial charge in [-0.1, -0.05) is 6.07 Å². The van der Waals surface area contributed by atoms with Gasteiger partial charge in [-0.15, -0.1) is 12.6 Å². The van der Waals surface area contributed by atoms with Gasteiger partial charge in [0, 0.05) is 11.0 Å². The van der Waals surface area contributed by atoms with E-state index in [1.807, 2.05) is 0 Å². The molecule has 1 aromatic carbocycles.